The summed E-state index contributed by atoms with van der Waals surface area (Å²) in [4.78, 5) is 0. The minimum atomic E-state index is -0.404. The maximum absolute atomic E-state index is 8.99. The molecule has 2 aromatic carbocycles. The van der Waals surface area contributed by atoms with E-state index in [0.29, 0.717) is 11.3 Å². The van der Waals surface area contributed by atoms with Crippen LogP contribution in [0.3, 0.4) is 0 Å². The number of anilines is 1. The first-order valence-corrected chi connectivity index (χ1v) is 6.33. The smallest absolute Gasteiger partial charge is 0.201 e. The Labute approximate surface area is 127 Å². The molecule has 0 heterocycles. The average Bonchev–Trinajstić information content (AvgIpc) is 2.55. The number of rotatable bonds is 4. The van der Waals surface area contributed by atoms with Crippen molar-refractivity contribution in [1.29, 1.82) is 15.9 Å². The highest BCUT2D eigenvalue weighted by Crippen LogP contribution is 2.28. The van der Waals surface area contributed by atoms with Crippen molar-refractivity contribution in [2.24, 2.45) is 10.8 Å². The van der Waals surface area contributed by atoms with E-state index < -0.39 is 5.84 Å². The molecule has 0 atom stereocenters. The van der Waals surface area contributed by atoms with Crippen LogP contribution in [0.1, 0.15) is 5.56 Å². The third kappa shape index (κ3) is 3.27. The molecule has 0 saturated heterocycles. The Kier molecular flexibility index (Phi) is 4.49. The number of nitrogens with two attached hydrogens (primary N) is 1. The fourth-order valence-corrected chi connectivity index (χ4v) is 1.85. The second-order valence-electron chi connectivity index (χ2n) is 4.34. The first-order chi connectivity index (χ1) is 10.7. The van der Waals surface area contributed by atoms with Gasteiger partial charge in [-0.15, -0.1) is 0 Å². The molecule has 22 heavy (non-hydrogen) atoms. The van der Waals surface area contributed by atoms with Crippen molar-refractivity contribution in [3.63, 3.8) is 0 Å². The molecular formula is C16H12N6. The van der Waals surface area contributed by atoms with Gasteiger partial charge in [0.15, 0.2) is 5.84 Å². The van der Waals surface area contributed by atoms with Gasteiger partial charge in [-0.05, 0) is 23.8 Å². The lowest BCUT2D eigenvalue weighted by molar-refractivity contribution is 1.33. The Morgan fingerprint density at radius 1 is 1.14 bits per heavy atom. The number of para-hydroxylation sites is 1. The lowest BCUT2D eigenvalue weighted by atomic mass is 10.0. The molecule has 0 aliphatic carbocycles. The monoisotopic (exact) mass is 288 g/mol. The van der Waals surface area contributed by atoms with E-state index in [-0.39, 0.29) is 5.71 Å². The van der Waals surface area contributed by atoms with Crippen molar-refractivity contribution >= 4 is 17.2 Å². The van der Waals surface area contributed by atoms with E-state index in [9.17, 15) is 0 Å². The van der Waals surface area contributed by atoms with Gasteiger partial charge in [0.2, 0.25) is 5.71 Å². The van der Waals surface area contributed by atoms with Crippen LogP contribution in [0.25, 0.3) is 11.1 Å². The first kappa shape index (κ1) is 14.8. The largest absolute Gasteiger partial charge is 0.382 e. The summed E-state index contributed by atoms with van der Waals surface area (Å²) in [6, 6.07) is 18.3. The first-order valence-electron chi connectivity index (χ1n) is 6.33. The van der Waals surface area contributed by atoms with Gasteiger partial charge < -0.3 is 5.73 Å². The number of nitrogens with one attached hydrogen (secondary N) is 2. The third-order valence-electron chi connectivity index (χ3n) is 2.88. The van der Waals surface area contributed by atoms with Gasteiger partial charge >= 0.3 is 0 Å². The van der Waals surface area contributed by atoms with Gasteiger partial charge in [0.05, 0.1) is 17.3 Å². The zero-order valence-electron chi connectivity index (χ0n) is 11.5. The normalized spacial score (nSPS) is 10.4. The SMILES string of the molecule is N#C/C(=N\Nc1ccccc1-c1cccc(C#N)c1)C(=N)N. The molecule has 2 rings (SSSR count). The van der Waals surface area contributed by atoms with Gasteiger partial charge in [-0.2, -0.15) is 15.6 Å². The van der Waals surface area contributed by atoms with Crippen LogP contribution in [-0.2, 0) is 0 Å². The molecule has 6 nitrogen and oxygen atoms in total. The average molecular weight is 288 g/mol. The molecule has 0 aliphatic rings. The van der Waals surface area contributed by atoms with Crippen molar-refractivity contribution in [2.45, 2.75) is 0 Å². The summed E-state index contributed by atoms with van der Waals surface area (Å²) in [6.45, 7) is 0. The number of hydrogen-bond donors (Lipinski definition) is 3. The maximum Gasteiger partial charge on any atom is 0.201 e. The molecular weight excluding hydrogens is 276 g/mol. The Balaban J connectivity index is 2.41. The Bertz CT molecular complexity index is 823. The molecule has 6 heteroatoms. The highest BCUT2D eigenvalue weighted by molar-refractivity contribution is 6.45. The summed E-state index contributed by atoms with van der Waals surface area (Å²) in [5.41, 5.74) is 10.7. The minimum Gasteiger partial charge on any atom is -0.382 e. The van der Waals surface area contributed by atoms with E-state index in [2.05, 4.69) is 16.6 Å². The van der Waals surface area contributed by atoms with E-state index in [4.69, 9.17) is 21.7 Å². The van der Waals surface area contributed by atoms with Crippen molar-refractivity contribution in [1.82, 2.24) is 0 Å². The summed E-state index contributed by atoms with van der Waals surface area (Å²) >= 11 is 0. The van der Waals surface area contributed by atoms with Crippen molar-refractivity contribution in [3.8, 4) is 23.3 Å². The fourth-order valence-electron chi connectivity index (χ4n) is 1.85. The molecule has 0 fully saturated rings. The standard InChI is InChI=1S/C16H12N6/c17-9-11-4-3-5-12(8-11)13-6-1-2-7-14(13)21-22-15(10-18)16(19)20/h1-8,21H,(H3,19,20)/b22-15+. The number of amidine groups is 1. The lowest BCUT2D eigenvalue weighted by Gasteiger charge is -2.09. The predicted octanol–water partition coefficient (Wildman–Crippen LogP) is 2.45. The molecule has 0 radical (unpaired) electrons. The van der Waals surface area contributed by atoms with Gasteiger partial charge in [-0.3, -0.25) is 10.8 Å². The second kappa shape index (κ2) is 6.69. The Morgan fingerprint density at radius 3 is 2.59 bits per heavy atom. The van der Waals surface area contributed by atoms with Crippen LogP contribution in [0.2, 0.25) is 0 Å². The quantitative estimate of drug-likeness (QED) is 0.454. The molecule has 0 saturated carbocycles. The highest BCUT2D eigenvalue weighted by atomic mass is 15.3. The minimum absolute atomic E-state index is 0.194. The van der Waals surface area contributed by atoms with Gasteiger partial charge in [0, 0.05) is 5.56 Å². The summed E-state index contributed by atoms with van der Waals surface area (Å²) in [6.07, 6.45) is 0. The maximum atomic E-state index is 8.99. The number of nitrogens with zero attached hydrogens (tertiary/aromatic N) is 3. The molecule has 0 bridgehead atoms. The van der Waals surface area contributed by atoms with Crippen LogP contribution in [0, 0.1) is 28.1 Å². The van der Waals surface area contributed by atoms with Crippen LogP contribution in [0.15, 0.2) is 53.6 Å². The summed E-state index contributed by atoms with van der Waals surface area (Å²) in [5, 5.41) is 28.9. The van der Waals surface area contributed by atoms with Gasteiger partial charge in [-0.1, -0.05) is 30.3 Å². The van der Waals surface area contributed by atoms with E-state index in [1.54, 1.807) is 30.3 Å². The van der Waals surface area contributed by atoms with E-state index in [1.807, 2.05) is 24.3 Å². The van der Waals surface area contributed by atoms with Gasteiger partial charge in [-0.25, -0.2) is 0 Å². The number of hydrazone groups is 1. The number of nitriles is 2. The topological polar surface area (TPSA) is 122 Å². The zero-order chi connectivity index (χ0) is 15.9. The molecule has 4 N–H and O–H groups in total. The van der Waals surface area contributed by atoms with E-state index >= 15 is 0 Å². The van der Waals surface area contributed by atoms with Crippen LogP contribution >= 0.6 is 0 Å². The van der Waals surface area contributed by atoms with Crippen molar-refractivity contribution in [2.75, 3.05) is 5.43 Å². The molecule has 0 unspecified atom stereocenters. The summed E-state index contributed by atoms with van der Waals surface area (Å²) in [7, 11) is 0. The van der Waals surface area contributed by atoms with Crippen LogP contribution in [0.4, 0.5) is 5.69 Å². The predicted molar refractivity (Wildman–Crippen MR) is 85.2 cm³/mol. The Morgan fingerprint density at radius 2 is 1.91 bits per heavy atom. The fraction of sp³-hybridized carbons (Fsp3) is 0. The molecule has 0 amide bonds. The second-order valence-corrected chi connectivity index (χ2v) is 4.34. The van der Waals surface area contributed by atoms with Gasteiger partial charge in [0.25, 0.3) is 0 Å². The highest BCUT2D eigenvalue weighted by Gasteiger charge is 2.06. The zero-order valence-corrected chi connectivity index (χ0v) is 11.5. The third-order valence-corrected chi connectivity index (χ3v) is 2.88. The summed E-state index contributed by atoms with van der Waals surface area (Å²) < 4.78 is 0. The van der Waals surface area contributed by atoms with Crippen LogP contribution in [-0.4, -0.2) is 11.5 Å². The van der Waals surface area contributed by atoms with Crippen molar-refractivity contribution in [3.05, 3.63) is 54.1 Å². The van der Waals surface area contributed by atoms with Crippen LogP contribution in [0.5, 0.6) is 0 Å². The molecule has 106 valence electrons. The molecule has 0 spiro atoms. The lowest BCUT2D eigenvalue weighted by Crippen LogP contribution is -2.21. The molecule has 0 aromatic heterocycles. The summed E-state index contributed by atoms with van der Waals surface area (Å²) in [5.74, 6) is -0.404. The molecule has 0 aliphatic heterocycles. The Hall–Kier alpha value is -3.64. The molecule has 2 aromatic rings. The van der Waals surface area contributed by atoms with Crippen LogP contribution < -0.4 is 11.2 Å². The van der Waals surface area contributed by atoms with Gasteiger partial charge in [0.1, 0.15) is 6.07 Å². The number of benzene rings is 2. The number of hydrogen-bond acceptors (Lipinski definition) is 5. The van der Waals surface area contributed by atoms with E-state index in [0.717, 1.165) is 11.1 Å². The van der Waals surface area contributed by atoms with E-state index in [1.165, 1.54) is 0 Å². The van der Waals surface area contributed by atoms with Crippen molar-refractivity contribution < 1.29 is 0 Å².